The van der Waals surface area contributed by atoms with Crippen LogP contribution >= 0.6 is 0 Å². The lowest BCUT2D eigenvalue weighted by Gasteiger charge is -2.32. The van der Waals surface area contributed by atoms with Crippen molar-refractivity contribution in [3.05, 3.63) is 47.0 Å². The van der Waals surface area contributed by atoms with E-state index in [0.717, 1.165) is 11.1 Å². The van der Waals surface area contributed by atoms with Crippen LogP contribution in [0.25, 0.3) is 0 Å². The third kappa shape index (κ3) is 2.10. The molecule has 0 saturated heterocycles. The molecule has 0 saturated carbocycles. The minimum absolute atomic E-state index is 0.0355. The molecule has 1 aromatic carbocycles. The molecule has 0 fully saturated rings. The fourth-order valence-electron chi connectivity index (χ4n) is 2.34. The molecule has 0 heterocycles. The maximum Gasteiger partial charge on any atom is 0.203 e. The van der Waals surface area contributed by atoms with E-state index in [2.05, 4.69) is 0 Å². The van der Waals surface area contributed by atoms with Crippen LogP contribution in [0.15, 0.2) is 35.9 Å². The first-order valence-corrected chi connectivity index (χ1v) is 6.10. The van der Waals surface area contributed by atoms with Gasteiger partial charge in [-0.3, -0.25) is 4.79 Å². The number of ketones is 1. The second kappa shape index (κ2) is 4.65. The largest absolute Gasteiger partial charge is 0.385 e. The predicted molar refractivity (Wildman–Crippen MR) is 68.4 cm³/mol. The van der Waals surface area contributed by atoms with Gasteiger partial charge in [0.15, 0.2) is 0 Å². The number of rotatable bonds is 2. The Labute approximate surface area is 106 Å². The number of carbonyl (C=O) groups is 1. The van der Waals surface area contributed by atoms with E-state index in [1.54, 1.807) is 26.0 Å². The fraction of sp³-hybridized carbons (Fsp3) is 0.400. The van der Waals surface area contributed by atoms with Crippen LogP contribution in [0.2, 0.25) is 0 Å². The Kier molecular flexibility index (Phi) is 3.35. The normalized spacial score (nSPS) is 24.3. The average Bonchev–Trinajstić information content (AvgIpc) is 2.33. The molecule has 0 aliphatic heterocycles. The Bertz CT molecular complexity index is 503. The number of alkyl halides is 1. The monoisotopic (exact) mass is 248 g/mol. The lowest BCUT2D eigenvalue weighted by atomic mass is 9.77. The van der Waals surface area contributed by atoms with Gasteiger partial charge in [-0.05, 0) is 32.3 Å². The molecule has 0 bridgehead atoms. The van der Waals surface area contributed by atoms with Gasteiger partial charge < -0.3 is 5.11 Å². The Balaban J connectivity index is 2.39. The minimum Gasteiger partial charge on any atom is -0.385 e. The van der Waals surface area contributed by atoms with Gasteiger partial charge in [0.2, 0.25) is 11.5 Å². The van der Waals surface area contributed by atoms with Crippen LogP contribution in [-0.4, -0.2) is 22.7 Å². The van der Waals surface area contributed by atoms with Crippen molar-refractivity contribution in [1.29, 1.82) is 0 Å². The van der Waals surface area contributed by atoms with Crippen LogP contribution in [0.5, 0.6) is 0 Å². The van der Waals surface area contributed by atoms with E-state index in [1.807, 2.05) is 12.1 Å². The molecule has 96 valence electrons. The highest BCUT2D eigenvalue weighted by Gasteiger charge is 2.47. The number of carbonyl (C=O) groups excluding carboxylic acids is 1. The predicted octanol–water partition coefficient (Wildman–Crippen LogP) is 2.85. The van der Waals surface area contributed by atoms with Gasteiger partial charge in [-0.2, -0.15) is 0 Å². The topological polar surface area (TPSA) is 37.3 Å². The molecular formula is C15H17FO2. The second-order valence-corrected chi connectivity index (χ2v) is 5.04. The number of aryl methyl sites for hydroxylation is 1. The van der Waals surface area contributed by atoms with Crippen molar-refractivity contribution in [1.82, 2.24) is 0 Å². The van der Waals surface area contributed by atoms with Crippen LogP contribution in [0.3, 0.4) is 0 Å². The quantitative estimate of drug-likeness (QED) is 0.817. The van der Waals surface area contributed by atoms with Crippen molar-refractivity contribution in [3.63, 3.8) is 0 Å². The SMILES string of the molecule is CC(C)=C[C@H](O)[C@]1(F)CCc2ccccc2C1=O. The van der Waals surface area contributed by atoms with E-state index >= 15 is 0 Å². The van der Waals surface area contributed by atoms with E-state index in [0.29, 0.717) is 12.0 Å². The summed E-state index contributed by atoms with van der Waals surface area (Å²) in [6.45, 7) is 3.54. The van der Waals surface area contributed by atoms with Gasteiger partial charge >= 0.3 is 0 Å². The first kappa shape index (κ1) is 13.0. The molecule has 0 amide bonds. The van der Waals surface area contributed by atoms with Crippen molar-refractivity contribution in [2.24, 2.45) is 0 Å². The second-order valence-electron chi connectivity index (χ2n) is 5.04. The summed E-state index contributed by atoms with van der Waals surface area (Å²) in [5.74, 6) is -0.602. The summed E-state index contributed by atoms with van der Waals surface area (Å²) >= 11 is 0. The molecule has 18 heavy (non-hydrogen) atoms. The molecule has 2 rings (SSSR count). The molecule has 1 aliphatic carbocycles. The van der Waals surface area contributed by atoms with E-state index < -0.39 is 17.6 Å². The summed E-state index contributed by atoms with van der Waals surface area (Å²) in [7, 11) is 0. The summed E-state index contributed by atoms with van der Waals surface area (Å²) in [6, 6.07) is 7.01. The van der Waals surface area contributed by atoms with Crippen LogP contribution < -0.4 is 0 Å². The number of hydrogen-bond donors (Lipinski definition) is 1. The third-order valence-corrected chi connectivity index (χ3v) is 3.36. The molecule has 0 spiro atoms. The summed E-state index contributed by atoms with van der Waals surface area (Å²) in [4.78, 5) is 12.2. The van der Waals surface area contributed by atoms with E-state index in [9.17, 15) is 14.3 Å². The van der Waals surface area contributed by atoms with Crippen molar-refractivity contribution in [2.75, 3.05) is 0 Å². The number of aliphatic hydroxyl groups excluding tert-OH is 1. The molecule has 1 N–H and O–H groups in total. The van der Waals surface area contributed by atoms with Gasteiger partial charge in [-0.25, -0.2) is 4.39 Å². The Morgan fingerprint density at radius 2 is 2.11 bits per heavy atom. The lowest BCUT2D eigenvalue weighted by Crippen LogP contribution is -2.47. The molecule has 1 aliphatic rings. The van der Waals surface area contributed by atoms with Crippen LogP contribution in [0.4, 0.5) is 4.39 Å². The Hall–Kier alpha value is -1.48. The van der Waals surface area contributed by atoms with Crippen molar-refractivity contribution in [3.8, 4) is 0 Å². The van der Waals surface area contributed by atoms with Crippen molar-refractivity contribution < 1.29 is 14.3 Å². The van der Waals surface area contributed by atoms with E-state index in [4.69, 9.17) is 0 Å². The highest BCUT2D eigenvalue weighted by molar-refractivity contribution is 6.05. The van der Waals surface area contributed by atoms with Crippen molar-refractivity contribution >= 4 is 5.78 Å². The van der Waals surface area contributed by atoms with Crippen LogP contribution in [0.1, 0.15) is 36.2 Å². The van der Waals surface area contributed by atoms with Gasteiger partial charge in [-0.15, -0.1) is 0 Å². The first-order valence-electron chi connectivity index (χ1n) is 6.10. The number of fused-ring (bicyclic) bond motifs is 1. The molecule has 0 radical (unpaired) electrons. The number of hydrogen-bond acceptors (Lipinski definition) is 2. The molecule has 0 unspecified atom stereocenters. The smallest absolute Gasteiger partial charge is 0.203 e. The van der Waals surface area contributed by atoms with Crippen LogP contribution in [0, 0.1) is 0 Å². The summed E-state index contributed by atoms with van der Waals surface area (Å²) in [5, 5.41) is 9.93. The Morgan fingerprint density at radius 1 is 1.44 bits per heavy atom. The Morgan fingerprint density at radius 3 is 2.78 bits per heavy atom. The highest BCUT2D eigenvalue weighted by atomic mass is 19.1. The van der Waals surface area contributed by atoms with Gasteiger partial charge in [0.25, 0.3) is 0 Å². The molecule has 2 atom stereocenters. The first-order chi connectivity index (χ1) is 8.45. The lowest BCUT2D eigenvalue weighted by molar-refractivity contribution is 0.0149. The van der Waals surface area contributed by atoms with Crippen molar-refractivity contribution in [2.45, 2.75) is 38.5 Å². The summed E-state index contributed by atoms with van der Waals surface area (Å²) in [5.41, 5.74) is -0.134. The number of Topliss-reactive ketones (excluding diaryl/α,β-unsaturated/α-hetero) is 1. The maximum absolute atomic E-state index is 14.8. The maximum atomic E-state index is 14.8. The summed E-state index contributed by atoms with van der Waals surface area (Å²) in [6.07, 6.45) is 0.550. The van der Waals surface area contributed by atoms with E-state index in [1.165, 1.54) is 6.08 Å². The molecule has 1 aromatic rings. The number of benzene rings is 1. The van der Waals surface area contributed by atoms with Crippen LogP contribution in [-0.2, 0) is 6.42 Å². The minimum atomic E-state index is -2.19. The molecule has 0 aromatic heterocycles. The number of aliphatic hydroxyl groups is 1. The van der Waals surface area contributed by atoms with Gasteiger partial charge in [0, 0.05) is 5.56 Å². The summed E-state index contributed by atoms with van der Waals surface area (Å²) < 4.78 is 14.8. The number of halogens is 1. The zero-order valence-corrected chi connectivity index (χ0v) is 10.6. The number of allylic oxidation sites excluding steroid dienone is 1. The fourth-order valence-corrected chi connectivity index (χ4v) is 2.34. The zero-order chi connectivity index (χ0) is 13.3. The molecular weight excluding hydrogens is 231 g/mol. The molecule has 3 heteroatoms. The average molecular weight is 248 g/mol. The van der Waals surface area contributed by atoms with E-state index in [-0.39, 0.29) is 6.42 Å². The highest BCUT2D eigenvalue weighted by Crippen LogP contribution is 2.35. The standard InChI is InChI=1S/C15H17FO2/c1-10(2)9-13(17)15(16)8-7-11-5-3-4-6-12(11)14(15)18/h3-6,9,13,17H,7-8H2,1-2H3/t13-,15+/m0/s1. The van der Waals surface area contributed by atoms with Gasteiger partial charge in [0.1, 0.15) is 6.10 Å². The van der Waals surface area contributed by atoms with Gasteiger partial charge in [0.05, 0.1) is 0 Å². The zero-order valence-electron chi connectivity index (χ0n) is 10.6. The third-order valence-electron chi connectivity index (χ3n) is 3.36. The molecule has 2 nitrogen and oxygen atoms in total. The van der Waals surface area contributed by atoms with Gasteiger partial charge in [-0.1, -0.05) is 35.9 Å².